The molecule has 3 rings (SSSR count). The van der Waals surface area contributed by atoms with Gasteiger partial charge in [0.15, 0.2) is 5.17 Å². The molecule has 0 aromatic heterocycles. The normalized spacial score (nSPS) is 14.0. The van der Waals surface area contributed by atoms with Gasteiger partial charge in [-0.3, -0.25) is 14.7 Å². The second kappa shape index (κ2) is 7.39. The van der Waals surface area contributed by atoms with Crippen LogP contribution < -0.4 is 0 Å². The van der Waals surface area contributed by atoms with E-state index >= 15 is 0 Å². The molecule has 1 heterocycles. The third kappa shape index (κ3) is 4.08. The van der Waals surface area contributed by atoms with Crippen LogP contribution in [0, 0.1) is 0 Å². The lowest BCUT2D eigenvalue weighted by Gasteiger charge is -2.18. The van der Waals surface area contributed by atoms with Gasteiger partial charge in [0.25, 0.3) is 5.91 Å². The van der Waals surface area contributed by atoms with Crippen molar-refractivity contribution in [3.63, 3.8) is 0 Å². The topological polar surface area (TPSA) is 32.7 Å². The number of nitrogens with zero attached hydrogens (tertiary/aromatic N) is 2. The number of benzene rings is 2. The molecule has 0 aliphatic carbocycles. The average Bonchev–Trinajstić information content (AvgIpc) is 3.01. The first kappa shape index (κ1) is 16.4. The molecule has 0 unspecified atom stereocenters. The number of hydrogen-bond acceptors (Lipinski definition) is 3. The summed E-state index contributed by atoms with van der Waals surface area (Å²) in [5.74, 6) is 0.681. The lowest BCUT2D eigenvalue weighted by Crippen LogP contribution is -2.32. The predicted octanol–water partition coefficient (Wildman–Crippen LogP) is 4.74. The molecule has 6 heteroatoms. The van der Waals surface area contributed by atoms with Crippen LogP contribution in [0.5, 0.6) is 0 Å². The zero-order chi connectivity index (χ0) is 16.2. The molecule has 3 nitrogen and oxygen atoms in total. The quantitative estimate of drug-likeness (QED) is 0.787. The summed E-state index contributed by atoms with van der Waals surface area (Å²) in [5, 5.41) is 2.09. The number of amidine groups is 1. The monoisotopic (exact) mass is 364 g/mol. The van der Waals surface area contributed by atoms with Crippen LogP contribution in [-0.4, -0.2) is 29.1 Å². The van der Waals surface area contributed by atoms with Crippen molar-refractivity contribution in [3.05, 3.63) is 69.7 Å². The minimum Gasteiger partial charge on any atom is -0.286 e. The van der Waals surface area contributed by atoms with Crippen LogP contribution in [0.25, 0.3) is 0 Å². The second-order valence-electron chi connectivity index (χ2n) is 5.05. The second-order valence-corrected chi connectivity index (χ2v) is 6.86. The summed E-state index contributed by atoms with van der Waals surface area (Å²) in [7, 11) is 0. The third-order valence-corrected chi connectivity index (χ3v) is 4.97. The van der Waals surface area contributed by atoms with E-state index in [4.69, 9.17) is 23.2 Å². The smallest absolute Gasteiger partial charge is 0.259 e. The van der Waals surface area contributed by atoms with E-state index in [-0.39, 0.29) is 5.91 Å². The summed E-state index contributed by atoms with van der Waals surface area (Å²) in [4.78, 5) is 18.8. The summed E-state index contributed by atoms with van der Waals surface area (Å²) in [6, 6.07) is 14.6. The number of hydrogen-bond donors (Lipinski definition) is 0. The zero-order valence-electron chi connectivity index (χ0n) is 12.2. The molecule has 0 spiro atoms. The Morgan fingerprint density at radius 1 is 1.13 bits per heavy atom. The summed E-state index contributed by atoms with van der Waals surface area (Å²) >= 11 is 13.4. The Morgan fingerprint density at radius 3 is 2.65 bits per heavy atom. The van der Waals surface area contributed by atoms with E-state index in [0.29, 0.717) is 28.7 Å². The van der Waals surface area contributed by atoms with Crippen LogP contribution in [-0.2, 0) is 5.75 Å². The highest BCUT2D eigenvalue weighted by molar-refractivity contribution is 8.13. The molecule has 0 bridgehead atoms. The van der Waals surface area contributed by atoms with Gasteiger partial charge in [0.1, 0.15) is 0 Å². The molecule has 0 N–H and O–H groups in total. The van der Waals surface area contributed by atoms with E-state index < -0.39 is 0 Å². The van der Waals surface area contributed by atoms with E-state index in [1.807, 2.05) is 24.3 Å². The van der Waals surface area contributed by atoms with Gasteiger partial charge in [-0.1, -0.05) is 47.1 Å². The molecule has 1 amide bonds. The highest BCUT2D eigenvalue weighted by Crippen LogP contribution is 2.23. The van der Waals surface area contributed by atoms with Crippen molar-refractivity contribution in [3.8, 4) is 0 Å². The van der Waals surface area contributed by atoms with E-state index in [1.54, 1.807) is 40.9 Å². The molecule has 0 atom stereocenters. The summed E-state index contributed by atoms with van der Waals surface area (Å²) in [6.07, 6.45) is 0. The number of carbonyl (C=O) groups is 1. The average molecular weight is 365 g/mol. The molecule has 118 valence electrons. The van der Waals surface area contributed by atoms with Gasteiger partial charge in [0.05, 0.1) is 6.54 Å². The van der Waals surface area contributed by atoms with Gasteiger partial charge in [-0.05, 0) is 42.0 Å². The number of aliphatic imine (C=N–C) groups is 1. The number of thioether (sulfide) groups is 1. The summed E-state index contributed by atoms with van der Waals surface area (Å²) in [6.45, 7) is 1.25. The van der Waals surface area contributed by atoms with Crippen molar-refractivity contribution in [2.24, 2.45) is 4.99 Å². The van der Waals surface area contributed by atoms with E-state index in [2.05, 4.69) is 4.99 Å². The fourth-order valence-electron chi connectivity index (χ4n) is 2.26. The number of halogens is 2. The number of amides is 1. The van der Waals surface area contributed by atoms with Gasteiger partial charge in [0, 0.05) is 27.9 Å². The maximum Gasteiger partial charge on any atom is 0.259 e. The SMILES string of the molecule is O=C(c1ccc(Cl)cc1)N1CCN=C1SCc1cccc(Cl)c1. The maximum atomic E-state index is 12.6. The first-order valence-corrected chi connectivity index (χ1v) is 8.87. The zero-order valence-corrected chi connectivity index (χ0v) is 14.5. The molecule has 2 aromatic carbocycles. The van der Waals surface area contributed by atoms with Crippen molar-refractivity contribution < 1.29 is 4.79 Å². The van der Waals surface area contributed by atoms with Gasteiger partial charge < -0.3 is 0 Å². The Morgan fingerprint density at radius 2 is 1.91 bits per heavy atom. The Hall–Kier alpha value is -1.49. The van der Waals surface area contributed by atoms with E-state index in [0.717, 1.165) is 16.5 Å². The third-order valence-electron chi connectivity index (χ3n) is 3.39. The number of rotatable bonds is 3. The Kier molecular flexibility index (Phi) is 5.26. The maximum absolute atomic E-state index is 12.6. The van der Waals surface area contributed by atoms with Crippen LogP contribution in [0.2, 0.25) is 10.0 Å². The van der Waals surface area contributed by atoms with Crippen molar-refractivity contribution >= 4 is 46.0 Å². The molecular weight excluding hydrogens is 351 g/mol. The molecule has 0 radical (unpaired) electrons. The van der Waals surface area contributed by atoms with Crippen molar-refractivity contribution in [1.82, 2.24) is 4.90 Å². The first-order valence-electron chi connectivity index (χ1n) is 7.12. The van der Waals surface area contributed by atoms with Crippen molar-refractivity contribution in [2.75, 3.05) is 13.1 Å². The van der Waals surface area contributed by atoms with Crippen molar-refractivity contribution in [2.45, 2.75) is 5.75 Å². The van der Waals surface area contributed by atoms with Crippen LogP contribution in [0.1, 0.15) is 15.9 Å². The van der Waals surface area contributed by atoms with E-state index in [1.165, 1.54) is 0 Å². The molecule has 0 saturated carbocycles. The molecule has 23 heavy (non-hydrogen) atoms. The van der Waals surface area contributed by atoms with Gasteiger partial charge in [0.2, 0.25) is 0 Å². The van der Waals surface area contributed by atoms with Crippen LogP contribution in [0.4, 0.5) is 0 Å². The first-order chi connectivity index (χ1) is 11.1. The standard InChI is InChI=1S/C17H14Cl2N2OS/c18-14-6-4-13(5-7-14)16(22)21-9-8-20-17(21)23-11-12-2-1-3-15(19)10-12/h1-7,10H,8-9,11H2. The fourth-order valence-corrected chi connectivity index (χ4v) is 3.59. The summed E-state index contributed by atoms with van der Waals surface area (Å²) < 4.78 is 0. The lowest BCUT2D eigenvalue weighted by molar-refractivity contribution is 0.0860. The minimum atomic E-state index is -0.0449. The molecule has 0 fully saturated rings. The van der Waals surface area contributed by atoms with Crippen LogP contribution >= 0.6 is 35.0 Å². The van der Waals surface area contributed by atoms with Crippen LogP contribution in [0.3, 0.4) is 0 Å². The minimum absolute atomic E-state index is 0.0449. The van der Waals surface area contributed by atoms with Gasteiger partial charge >= 0.3 is 0 Å². The molecule has 2 aromatic rings. The largest absolute Gasteiger partial charge is 0.286 e. The highest BCUT2D eigenvalue weighted by atomic mass is 35.5. The molecule has 1 aliphatic rings. The van der Waals surface area contributed by atoms with E-state index in [9.17, 15) is 4.79 Å². The molecule has 1 aliphatic heterocycles. The Bertz CT molecular complexity index is 747. The Balaban J connectivity index is 1.67. The number of carbonyl (C=O) groups excluding carboxylic acids is 1. The van der Waals surface area contributed by atoms with Gasteiger partial charge in [-0.15, -0.1) is 0 Å². The molecular formula is C17H14Cl2N2OS. The summed E-state index contributed by atoms with van der Waals surface area (Å²) in [5.41, 5.74) is 1.73. The highest BCUT2D eigenvalue weighted by Gasteiger charge is 2.25. The molecule has 0 saturated heterocycles. The lowest BCUT2D eigenvalue weighted by atomic mass is 10.2. The predicted molar refractivity (Wildman–Crippen MR) is 97.5 cm³/mol. The van der Waals surface area contributed by atoms with Crippen molar-refractivity contribution in [1.29, 1.82) is 0 Å². The van der Waals surface area contributed by atoms with Gasteiger partial charge in [-0.2, -0.15) is 0 Å². The van der Waals surface area contributed by atoms with Crippen LogP contribution in [0.15, 0.2) is 53.5 Å². The fraction of sp³-hybridized carbons (Fsp3) is 0.176. The van der Waals surface area contributed by atoms with Gasteiger partial charge in [-0.25, -0.2) is 0 Å². The Labute approximate surface area is 149 Å².